The molecule has 0 atom stereocenters. The van der Waals surface area contributed by atoms with Gasteiger partial charge in [-0.1, -0.05) is 30.3 Å². The highest BCUT2D eigenvalue weighted by Crippen LogP contribution is 2.21. The predicted octanol–water partition coefficient (Wildman–Crippen LogP) is 4.57. The maximum absolute atomic E-state index is 13.3. The number of aromatic nitrogens is 1. The molecule has 1 aromatic heterocycles. The number of carbonyl (C=O) groups excluding carboxylic acids is 1. The second-order valence-electron chi connectivity index (χ2n) is 7.53. The topological polar surface area (TPSA) is 60.3 Å². The Hall–Kier alpha value is -3.93. The fraction of sp³-hybridized carbons (Fsp3) is 0.154. The zero-order chi connectivity index (χ0) is 22.5. The highest BCUT2D eigenvalue weighted by atomic mass is 19.1. The van der Waals surface area contributed by atoms with Gasteiger partial charge in [-0.3, -0.25) is 14.2 Å². The van der Waals surface area contributed by atoms with Gasteiger partial charge in [-0.25, -0.2) is 4.39 Å². The summed E-state index contributed by atoms with van der Waals surface area (Å²) in [5.74, 6) is -0.159. The summed E-state index contributed by atoms with van der Waals surface area (Å²) in [6, 6.07) is 22.8. The molecule has 32 heavy (non-hydrogen) atoms. The Morgan fingerprint density at radius 1 is 0.969 bits per heavy atom. The van der Waals surface area contributed by atoms with Gasteiger partial charge >= 0.3 is 0 Å². The average Bonchev–Trinajstić information content (AvgIpc) is 2.81. The van der Waals surface area contributed by atoms with Gasteiger partial charge in [-0.2, -0.15) is 0 Å². The first-order valence-corrected chi connectivity index (χ1v) is 10.3. The zero-order valence-corrected chi connectivity index (χ0v) is 17.7. The van der Waals surface area contributed by atoms with Crippen LogP contribution < -0.4 is 15.6 Å². The quantitative estimate of drug-likeness (QED) is 0.467. The van der Waals surface area contributed by atoms with Crippen molar-refractivity contribution in [2.75, 3.05) is 12.4 Å². The van der Waals surface area contributed by atoms with Gasteiger partial charge in [0, 0.05) is 17.3 Å². The fourth-order valence-corrected chi connectivity index (χ4v) is 3.68. The molecule has 1 amide bonds. The number of methoxy groups -OCH3 is 1. The van der Waals surface area contributed by atoms with E-state index in [1.807, 2.05) is 48.5 Å². The van der Waals surface area contributed by atoms with Crippen molar-refractivity contribution in [1.82, 2.24) is 4.57 Å². The maximum atomic E-state index is 13.3. The third-order valence-corrected chi connectivity index (χ3v) is 5.33. The van der Waals surface area contributed by atoms with Crippen LogP contribution in [0.3, 0.4) is 0 Å². The van der Waals surface area contributed by atoms with Crippen LogP contribution in [0, 0.1) is 5.82 Å². The van der Waals surface area contributed by atoms with Gasteiger partial charge in [0.2, 0.25) is 5.91 Å². The summed E-state index contributed by atoms with van der Waals surface area (Å²) in [5, 5.41) is 3.57. The van der Waals surface area contributed by atoms with Crippen molar-refractivity contribution in [2.45, 2.75) is 19.4 Å². The zero-order valence-electron chi connectivity index (χ0n) is 17.7. The normalized spacial score (nSPS) is 10.8. The van der Waals surface area contributed by atoms with E-state index in [4.69, 9.17) is 4.74 Å². The molecule has 0 aliphatic carbocycles. The van der Waals surface area contributed by atoms with Gasteiger partial charge < -0.3 is 10.1 Å². The van der Waals surface area contributed by atoms with Crippen molar-refractivity contribution in [1.29, 1.82) is 0 Å². The lowest BCUT2D eigenvalue weighted by atomic mass is 10.0. The predicted molar refractivity (Wildman–Crippen MR) is 124 cm³/mol. The molecular weight excluding hydrogens is 407 g/mol. The highest BCUT2D eigenvalue weighted by molar-refractivity contribution is 5.92. The number of pyridine rings is 1. The lowest BCUT2D eigenvalue weighted by molar-refractivity contribution is -0.116. The number of aryl methyl sites for hydroxylation is 2. The molecule has 1 N–H and O–H groups in total. The van der Waals surface area contributed by atoms with E-state index in [1.165, 1.54) is 28.8 Å². The fourth-order valence-electron chi connectivity index (χ4n) is 3.68. The van der Waals surface area contributed by atoms with Gasteiger partial charge in [-0.05, 0) is 66.3 Å². The number of benzene rings is 3. The first-order chi connectivity index (χ1) is 15.5. The van der Waals surface area contributed by atoms with Crippen LogP contribution in [0.4, 0.5) is 10.1 Å². The lowest BCUT2D eigenvalue weighted by Gasteiger charge is -2.14. The highest BCUT2D eigenvalue weighted by Gasteiger charge is 2.14. The number of nitrogens with one attached hydrogen (secondary N) is 1. The SMILES string of the molecule is COc1ccc2cc(CCc3ccccc3)c(=O)n(CC(=O)Nc3ccc(F)cc3)c2c1. The van der Waals surface area contributed by atoms with Crippen molar-refractivity contribution >= 4 is 22.5 Å². The van der Waals surface area contributed by atoms with E-state index in [2.05, 4.69) is 5.32 Å². The van der Waals surface area contributed by atoms with Crippen LogP contribution in [0.5, 0.6) is 5.75 Å². The summed E-state index contributed by atoms with van der Waals surface area (Å²) in [6.45, 7) is -0.168. The summed E-state index contributed by atoms with van der Waals surface area (Å²) in [7, 11) is 1.55. The summed E-state index contributed by atoms with van der Waals surface area (Å²) in [4.78, 5) is 26.0. The molecule has 4 rings (SSSR count). The number of rotatable bonds is 7. The van der Waals surface area contributed by atoms with Crippen molar-refractivity contribution < 1.29 is 13.9 Å². The molecule has 4 aromatic rings. The minimum absolute atomic E-state index is 0.168. The van der Waals surface area contributed by atoms with E-state index in [9.17, 15) is 14.0 Å². The van der Waals surface area contributed by atoms with E-state index in [1.54, 1.807) is 13.2 Å². The third-order valence-electron chi connectivity index (χ3n) is 5.33. The molecule has 1 heterocycles. The van der Waals surface area contributed by atoms with E-state index in [0.717, 1.165) is 17.4 Å². The Kier molecular flexibility index (Phi) is 6.31. The molecule has 0 spiro atoms. The van der Waals surface area contributed by atoms with Crippen molar-refractivity contribution in [2.24, 2.45) is 0 Å². The van der Waals surface area contributed by atoms with Crippen LogP contribution in [-0.2, 0) is 24.2 Å². The molecule has 162 valence electrons. The Labute approximate surface area is 185 Å². The second-order valence-corrected chi connectivity index (χ2v) is 7.53. The average molecular weight is 430 g/mol. The molecule has 0 fully saturated rings. The monoisotopic (exact) mass is 430 g/mol. The van der Waals surface area contributed by atoms with Crippen molar-refractivity contribution in [3.8, 4) is 5.75 Å². The molecule has 0 unspecified atom stereocenters. The van der Waals surface area contributed by atoms with E-state index in [0.29, 0.717) is 28.9 Å². The minimum atomic E-state index is -0.386. The number of anilines is 1. The van der Waals surface area contributed by atoms with Crippen LogP contribution in [0.25, 0.3) is 10.9 Å². The first kappa shape index (κ1) is 21.3. The molecule has 3 aromatic carbocycles. The van der Waals surface area contributed by atoms with Gasteiger partial charge in [0.25, 0.3) is 5.56 Å². The van der Waals surface area contributed by atoms with E-state index >= 15 is 0 Å². The largest absolute Gasteiger partial charge is 0.497 e. The number of nitrogens with zero attached hydrogens (tertiary/aromatic N) is 1. The number of halogens is 1. The summed E-state index contributed by atoms with van der Waals surface area (Å²) in [5.41, 5.74) is 2.65. The Balaban J connectivity index is 1.67. The Morgan fingerprint density at radius 2 is 1.72 bits per heavy atom. The number of amides is 1. The molecule has 0 radical (unpaired) electrons. The van der Waals surface area contributed by atoms with E-state index in [-0.39, 0.29) is 23.8 Å². The minimum Gasteiger partial charge on any atom is -0.497 e. The molecule has 0 aliphatic rings. The van der Waals surface area contributed by atoms with Crippen LogP contribution in [0.15, 0.2) is 83.7 Å². The number of fused-ring (bicyclic) bond motifs is 1. The molecular formula is C26H23FN2O3. The summed E-state index contributed by atoms with van der Waals surface area (Å²) >= 11 is 0. The molecule has 0 aliphatic heterocycles. The van der Waals surface area contributed by atoms with Crippen LogP contribution in [0.2, 0.25) is 0 Å². The van der Waals surface area contributed by atoms with Crippen LogP contribution in [-0.4, -0.2) is 17.6 Å². The maximum Gasteiger partial charge on any atom is 0.254 e. The number of ether oxygens (including phenoxy) is 1. The van der Waals surface area contributed by atoms with Gasteiger partial charge in [0.15, 0.2) is 0 Å². The van der Waals surface area contributed by atoms with Crippen LogP contribution in [0.1, 0.15) is 11.1 Å². The molecule has 0 bridgehead atoms. The standard InChI is InChI=1S/C26H23FN2O3/c1-32-23-14-9-19-15-20(8-7-18-5-3-2-4-6-18)26(31)29(24(19)16-23)17-25(30)28-22-12-10-21(27)11-13-22/h2-6,9-16H,7-8,17H2,1H3,(H,28,30). The van der Waals surface area contributed by atoms with Crippen LogP contribution >= 0.6 is 0 Å². The molecule has 5 nitrogen and oxygen atoms in total. The Morgan fingerprint density at radius 3 is 2.44 bits per heavy atom. The third kappa shape index (κ3) is 4.86. The molecule has 6 heteroatoms. The summed E-state index contributed by atoms with van der Waals surface area (Å²) in [6.07, 6.45) is 1.28. The number of hydrogen-bond donors (Lipinski definition) is 1. The number of hydrogen-bond acceptors (Lipinski definition) is 3. The lowest BCUT2D eigenvalue weighted by Crippen LogP contribution is -2.30. The Bertz CT molecular complexity index is 1300. The van der Waals surface area contributed by atoms with Gasteiger partial charge in [-0.15, -0.1) is 0 Å². The molecule has 0 saturated carbocycles. The van der Waals surface area contributed by atoms with Gasteiger partial charge in [0.1, 0.15) is 18.1 Å². The smallest absolute Gasteiger partial charge is 0.254 e. The number of carbonyl (C=O) groups is 1. The molecule has 0 saturated heterocycles. The van der Waals surface area contributed by atoms with Crippen molar-refractivity contribution in [3.05, 3.63) is 106 Å². The second kappa shape index (κ2) is 9.47. The van der Waals surface area contributed by atoms with Gasteiger partial charge in [0.05, 0.1) is 12.6 Å². The first-order valence-electron chi connectivity index (χ1n) is 10.3. The van der Waals surface area contributed by atoms with E-state index < -0.39 is 0 Å². The van der Waals surface area contributed by atoms with Crippen molar-refractivity contribution in [3.63, 3.8) is 0 Å². The summed E-state index contributed by atoms with van der Waals surface area (Å²) < 4.78 is 19.9.